The summed E-state index contributed by atoms with van der Waals surface area (Å²) in [5.41, 5.74) is 0.636. The third-order valence-corrected chi connectivity index (χ3v) is 3.47. The first-order valence-electron chi connectivity index (χ1n) is 6.79. The van der Waals surface area contributed by atoms with Crippen LogP contribution in [0.25, 0.3) is 11.0 Å². The maximum Gasteiger partial charge on any atom is 0.142 e. The molecule has 1 atom stereocenters. The minimum Gasteiger partial charge on any atom is -0.382 e. The lowest BCUT2D eigenvalue weighted by Gasteiger charge is -2.43. The van der Waals surface area contributed by atoms with Crippen LogP contribution in [0, 0.1) is 0 Å². The van der Waals surface area contributed by atoms with Crippen LogP contribution in [0.1, 0.15) is 13.8 Å². The van der Waals surface area contributed by atoms with Crippen molar-refractivity contribution in [2.45, 2.75) is 25.6 Å². The summed E-state index contributed by atoms with van der Waals surface area (Å²) in [4.78, 5) is 14.1. The average Bonchev–Trinajstić information content (AvgIpc) is 2.85. The fourth-order valence-electron chi connectivity index (χ4n) is 2.84. The number of hydrogen-bond acceptors (Lipinski definition) is 5. The van der Waals surface area contributed by atoms with E-state index in [0.717, 1.165) is 29.9 Å². The van der Waals surface area contributed by atoms with Gasteiger partial charge in [-0.15, -0.1) is 0 Å². The molecule has 6 heteroatoms. The number of nitrogens with zero attached hydrogens (tertiary/aromatic N) is 3. The van der Waals surface area contributed by atoms with Crippen LogP contribution < -0.4 is 4.90 Å². The van der Waals surface area contributed by atoms with E-state index in [0.29, 0.717) is 6.61 Å². The van der Waals surface area contributed by atoms with E-state index < -0.39 is 0 Å². The Morgan fingerprint density at radius 3 is 3.15 bits per heavy atom. The minimum atomic E-state index is -0.227. The highest BCUT2D eigenvalue weighted by Gasteiger charge is 2.34. The van der Waals surface area contributed by atoms with Crippen LogP contribution in [0.15, 0.2) is 18.6 Å². The van der Waals surface area contributed by atoms with Crippen molar-refractivity contribution in [2.75, 3.05) is 31.7 Å². The lowest BCUT2D eigenvalue weighted by atomic mass is 10.1. The van der Waals surface area contributed by atoms with Gasteiger partial charge in [0, 0.05) is 26.4 Å². The van der Waals surface area contributed by atoms with Gasteiger partial charge in [-0.2, -0.15) is 0 Å². The zero-order valence-electron chi connectivity index (χ0n) is 12.1. The highest BCUT2D eigenvalue weighted by atomic mass is 16.5. The van der Waals surface area contributed by atoms with E-state index in [1.165, 1.54) is 0 Å². The van der Waals surface area contributed by atoms with E-state index in [1.807, 2.05) is 12.3 Å². The first-order valence-corrected chi connectivity index (χ1v) is 6.79. The van der Waals surface area contributed by atoms with Gasteiger partial charge >= 0.3 is 0 Å². The SMILES string of the molecule is COC[C@H]1CN(c2ncnc3[nH]ccc23)CC(C)(C)O1. The first kappa shape index (κ1) is 13.3. The molecule has 1 saturated heterocycles. The zero-order chi connectivity index (χ0) is 14.2. The molecule has 0 amide bonds. The Balaban J connectivity index is 1.94. The quantitative estimate of drug-likeness (QED) is 0.922. The van der Waals surface area contributed by atoms with Gasteiger partial charge in [0.05, 0.1) is 23.7 Å². The molecular formula is C14H20N4O2. The van der Waals surface area contributed by atoms with Gasteiger partial charge in [-0.3, -0.25) is 0 Å². The summed E-state index contributed by atoms with van der Waals surface area (Å²) in [6, 6.07) is 2.01. The molecular weight excluding hydrogens is 256 g/mol. The van der Waals surface area contributed by atoms with Crippen molar-refractivity contribution >= 4 is 16.9 Å². The van der Waals surface area contributed by atoms with Crippen LogP contribution in [0.4, 0.5) is 5.82 Å². The number of rotatable bonds is 3. The summed E-state index contributed by atoms with van der Waals surface area (Å²) < 4.78 is 11.3. The summed E-state index contributed by atoms with van der Waals surface area (Å²) in [6.45, 7) is 6.34. The van der Waals surface area contributed by atoms with Crippen LogP contribution in [0.2, 0.25) is 0 Å². The Labute approximate surface area is 118 Å². The van der Waals surface area contributed by atoms with Crippen molar-refractivity contribution in [1.82, 2.24) is 15.0 Å². The smallest absolute Gasteiger partial charge is 0.142 e. The number of hydrogen-bond donors (Lipinski definition) is 1. The van der Waals surface area contributed by atoms with Gasteiger partial charge in [-0.05, 0) is 19.9 Å². The maximum atomic E-state index is 6.04. The molecule has 1 aliphatic rings. The second-order valence-electron chi connectivity index (χ2n) is 5.77. The Kier molecular flexibility index (Phi) is 3.35. The lowest BCUT2D eigenvalue weighted by molar-refractivity contribution is -0.106. The first-order chi connectivity index (χ1) is 9.59. The zero-order valence-corrected chi connectivity index (χ0v) is 12.1. The van der Waals surface area contributed by atoms with Crippen LogP contribution in [-0.2, 0) is 9.47 Å². The third-order valence-electron chi connectivity index (χ3n) is 3.47. The van der Waals surface area contributed by atoms with E-state index >= 15 is 0 Å². The van der Waals surface area contributed by atoms with Gasteiger partial charge in [-0.1, -0.05) is 0 Å². The molecule has 0 aliphatic carbocycles. The van der Waals surface area contributed by atoms with Gasteiger partial charge in [0.25, 0.3) is 0 Å². The van der Waals surface area contributed by atoms with Crippen molar-refractivity contribution in [3.05, 3.63) is 18.6 Å². The summed E-state index contributed by atoms with van der Waals surface area (Å²) in [5.74, 6) is 0.953. The number of nitrogens with one attached hydrogen (secondary N) is 1. The molecule has 0 bridgehead atoms. The van der Waals surface area contributed by atoms with Gasteiger partial charge in [0.15, 0.2) is 0 Å². The summed E-state index contributed by atoms with van der Waals surface area (Å²) in [5, 5.41) is 1.04. The molecule has 0 aromatic carbocycles. The summed E-state index contributed by atoms with van der Waals surface area (Å²) >= 11 is 0. The number of fused-ring (bicyclic) bond motifs is 1. The highest BCUT2D eigenvalue weighted by Crippen LogP contribution is 2.28. The molecule has 1 N–H and O–H groups in total. The number of methoxy groups -OCH3 is 1. The molecule has 20 heavy (non-hydrogen) atoms. The number of H-pyrrole nitrogens is 1. The Hall–Kier alpha value is -1.66. The van der Waals surface area contributed by atoms with E-state index in [2.05, 4.69) is 33.7 Å². The van der Waals surface area contributed by atoms with E-state index in [-0.39, 0.29) is 11.7 Å². The Morgan fingerprint density at radius 2 is 2.35 bits per heavy atom. The predicted octanol–water partition coefficient (Wildman–Crippen LogP) is 1.59. The third kappa shape index (κ3) is 2.48. The lowest BCUT2D eigenvalue weighted by Crippen LogP contribution is -2.54. The number of ether oxygens (including phenoxy) is 2. The molecule has 3 rings (SSSR count). The molecule has 2 aromatic heterocycles. The molecule has 1 fully saturated rings. The number of aromatic nitrogens is 3. The number of aromatic amines is 1. The van der Waals surface area contributed by atoms with E-state index in [4.69, 9.17) is 9.47 Å². The largest absolute Gasteiger partial charge is 0.382 e. The van der Waals surface area contributed by atoms with Gasteiger partial charge < -0.3 is 19.4 Å². The van der Waals surface area contributed by atoms with Crippen molar-refractivity contribution in [1.29, 1.82) is 0 Å². The summed E-state index contributed by atoms with van der Waals surface area (Å²) in [7, 11) is 1.70. The normalized spacial score (nSPS) is 22.4. The van der Waals surface area contributed by atoms with E-state index in [9.17, 15) is 0 Å². The maximum absolute atomic E-state index is 6.04. The van der Waals surface area contributed by atoms with Crippen molar-refractivity contribution in [3.8, 4) is 0 Å². The molecule has 1 aliphatic heterocycles. The molecule has 0 saturated carbocycles. The predicted molar refractivity (Wildman–Crippen MR) is 76.9 cm³/mol. The molecule has 108 valence electrons. The molecule has 0 spiro atoms. The number of anilines is 1. The van der Waals surface area contributed by atoms with Gasteiger partial charge in [-0.25, -0.2) is 9.97 Å². The minimum absolute atomic E-state index is 0.0488. The molecule has 3 heterocycles. The van der Waals surface area contributed by atoms with Crippen LogP contribution >= 0.6 is 0 Å². The van der Waals surface area contributed by atoms with Crippen LogP contribution in [0.5, 0.6) is 0 Å². The molecule has 0 unspecified atom stereocenters. The number of morpholine rings is 1. The van der Waals surface area contributed by atoms with Crippen LogP contribution in [0.3, 0.4) is 0 Å². The standard InChI is InChI=1S/C14H20N4O2/c1-14(2)8-18(6-10(20-14)7-19-3)13-11-4-5-15-12(11)16-9-17-13/h4-5,9-10H,6-8H2,1-3H3,(H,15,16,17)/t10-/m1/s1. The Bertz CT molecular complexity index is 596. The second-order valence-corrected chi connectivity index (χ2v) is 5.77. The van der Waals surface area contributed by atoms with E-state index in [1.54, 1.807) is 13.4 Å². The fourth-order valence-corrected chi connectivity index (χ4v) is 2.84. The summed E-state index contributed by atoms with van der Waals surface area (Å²) in [6.07, 6.45) is 3.54. The molecule has 2 aromatic rings. The Morgan fingerprint density at radius 1 is 1.50 bits per heavy atom. The molecule has 0 radical (unpaired) electrons. The average molecular weight is 276 g/mol. The second kappa shape index (κ2) is 5.03. The fraction of sp³-hybridized carbons (Fsp3) is 0.571. The van der Waals surface area contributed by atoms with Crippen molar-refractivity contribution in [2.24, 2.45) is 0 Å². The highest BCUT2D eigenvalue weighted by molar-refractivity contribution is 5.87. The topological polar surface area (TPSA) is 63.3 Å². The van der Waals surface area contributed by atoms with Gasteiger partial charge in [0.2, 0.25) is 0 Å². The van der Waals surface area contributed by atoms with Crippen molar-refractivity contribution < 1.29 is 9.47 Å². The van der Waals surface area contributed by atoms with Crippen molar-refractivity contribution in [3.63, 3.8) is 0 Å². The molecule has 6 nitrogen and oxygen atoms in total. The monoisotopic (exact) mass is 276 g/mol. The van der Waals surface area contributed by atoms with Gasteiger partial charge in [0.1, 0.15) is 17.8 Å². The van der Waals surface area contributed by atoms with Crippen LogP contribution in [-0.4, -0.2) is 53.5 Å².